The van der Waals surface area contributed by atoms with Crippen molar-refractivity contribution in [1.82, 2.24) is 0 Å². The molecule has 4 rings (SSSR count). The van der Waals surface area contributed by atoms with E-state index in [1.54, 1.807) is 0 Å². The Bertz CT molecular complexity index is 1220. The number of hydrogen-bond acceptors (Lipinski definition) is 5. The molecule has 1 aliphatic rings. The number of halogens is 2. The van der Waals surface area contributed by atoms with Gasteiger partial charge in [-0.15, -0.1) is 0 Å². The maximum absolute atomic E-state index is 15.7. The lowest BCUT2D eigenvalue weighted by atomic mass is 10.1. The third-order valence-corrected chi connectivity index (χ3v) is 12.1. The Kier molecular flexibility index (Phi) is 8.35. The summed E-state index contributed by atoms with van der Waals surface area (Å²) in [5.74, 6) is -2.04. The normalized spacial score (nSPS) is 18.8. The zero-order valence-electron chi connectivity index (χ0n) is 22.6. The molecule has 0 aliphatic carbocycles. The fourth-order valence-electron chi connectivity index (χ4n) is 5.61. The molecule has 1 N–H and O–H groups in total. The second kappa shape index (κ2) is 11.4. The van der Waals surface area contributed by atoms with E-state index in [1.165, 1.54) is 6.07 Å². The first kappa shape index (κ1) is 27.9. The van der Waals surface area contributed by atoms with Crippen LogP contribution in [-0.2, 0) is 15.8 Å². The van der Waals surface area contributed by atoms with E-state index in [-0.39, 0.29) is 35.1 Å². The summed E-state index contributed by atoms with van der Waals surface area (Å²) < 4.78 is 43.7. The van der Waals surface area contributed by atoms with Gasteiger partial charge in [-0.2, -0.15) is 0 Å². The van der Waals surface area contributed by atoms with Crippen LogP contribution in [0, 0.1) is 11.6 Å². The summed E-state index contributed by atoms with van der Waals surface area (Å²) in [6.07, 6.45) is 0.620. The van der Waals surface area contributed by atoms with E-state index in [9.17, 15) is 0 Å². The van der Waals surface area contributed by atoms with E-state index < -0.39 is 20.0 Å². The minimum Gasteiger partial charge on any atom is -0.411 e. The molecule has 8 heteroatoms. The Balaban J connectivity index is 1.88. The highest BCUT2D eigenvalue weighted by Crippen LogP contribution is 2.39. The van der Waals surface area contributed by atoms with Crippen molar-refractivity contribution in [2.45, 2.75) is 58.5 Å². The molecular weight excluding hydrogens is 502 g/mol. The first-order valence-corrected chi connectivity index (χ1v) is 14.8. The van der Waals surface area contributed by atoms with Gasteiger partial charge in [-0.3, -0.25) is 0 Å². The molecule has 1 saturated heterocycles. The highest BCUT2D eigenvalue weighted by atomic mass is 28.4. The van der Waals surface area contributed by atoms with Crippen LogP contribution >= 0.6 is 0 Å². The first-order valence-electron chi connectivity index (χ1n) is 12.9. The van der Waals surface area contributed by atoms with Crippen LogP contribution in [0.5, 0.6) is 0 Å². The fraction of sp³-hybridized carbons (Fsp3) is 0.367. The monoisotopic (exact) mass is 538 g/mol. The molecule has 0 amide bonds. The number of oxime groups is 1. The van der Waals surface area contributed by atoms with Crippen molar-refractivity contribution < 1.29 is 23.2 Å². The third-order valence-electron chi connectivity index (χ3n) is 7.08. The lowest BCUT2D eigenvalue weighted by molar-refractivity contribution is -0.00553. The zero-order chi connectivity index (χ0) is 27.5. The summed E-state index contributed by atoms with van der Waals surface area (Å²) in [5.41, 5.74) is 0.523. The topological polar surface area (TPSA) is 54.3 Å². The smallest absolute Gasteiger partial charge is 0.261 e. The van der Waals surface area contributed by atoms with Gasteiger partial charge in [0.25, 0.3) is 8.32 Å². The van der Waals surface area contributed by atoms with Gasteiger partial charge in [0.15, 0.2) is 11.6 Å². The quantitative estimate of drug-likeness (QED) is 0.188. The van der Waals surface area contributed by atoms with Crippen molar-refractivity contribution in [3.63, 3.8) is 0 Å². The highest BCUT2D eigenvalue weighted by Gasteiger charge is 2.50. The second-order valence-corrected chi connectivity index (χ2v) is 15.3. The van der Waals surface area contributed by atoms with E-state index >= 15 is 8.78 Å². The van der Waals surface area contributed by atoms with E-state index in [0.29, 0.717) is 18.7 Å². The number of anilines is 1. The van der Waals surface area contributed by atoms with Crippen LogP contribution in [0.15, 0.2) is 71.9 Å². The first-order chi connectivity index (χ1) is 18.1. The summed E-state index contributed by atoms with van der Waals surface area (Å²) >= 11 is 0. The van der Waals surface area contributed by atoms with Crippen molar-refractivity contribution in [2.75, 3.05) is 18.0 Å². The van der Waals surface area contributed by atoms with Crippen LogP contribution in [0.3, 0.4) is 0 Å². The average molecular weight is 539 g/mol. The molecule has 1 fully saturated rings. The molecule has 0 bridgehead atoms. The Labute approximate surface area is 224 Å². The van der Waals surface area contributed by atoms with Crippen molar-refractivity contribution >= 4 is 30.6 Å². The Morgan fingerprint density at radius 2 is 1.50 bits per heavy atom. The van der Waals surface area contributed by atoms with Crippen LogP contribution in [0.25, 0.3) is 0 Å². The molecule has 5 nitrogen and oxygen atoms in total. The van der Waals surface area contributed by atoms with E-state index in [1.807, 2.05) is 55.1 Å². The summed E-state index contributed by atoms with van der Waals surface area (Å²) in [4.78, 5) is 1.83. The van der Waals surface area contributed by atoms with Crippen molar-refractivity contribution in [1.29, 1.82) is 0 Å². The van der Waals surface area contributed by atoms with Gasteiger partial charge in [-0.1, -0.05) is 86.6 Å². The largest absolute Gasteiger partial charge is 0.411 e. The fourth-order valence-corrected chi connectivity index (χ4v) is 10.1. The molecule has 3 aromatic carbocycles. The molecule has 0 saturated carbocycles. The number of nitrogens with zero attached hydrogens (tertiary/aromatic N) is 2. The van der Waals surface area contributed by atoms with E-state index in [0.717, 1.165) is 16.6 Å². The average Bonchev–Trinajstić information content (AvgIpc) is 2.87. The number of hydrogen-bond donors (Lipinski definition) is 1. The van der Waals surface area contributed by atoms with Gasteiger partial charge >= 0.3 is 0 Å². The van der Waals surface area contributed by atoms with Crippen molar-refractivity contribution in [3.8, 4) is 0 Å². The van der Waals surface area contributed by atoms with E-state index in [4.69, 9.17) is 14.4 Å². The Morgan fingerprint density at radius 1 is 0.974 bits per heavy atom. The Morgan fingerprint density at radius 3 is 1.97 bits per heavy atom. The van der Waals surface area contributed by atoms with Gasteiger partial charge in [0.2, 0.25) is 0 Å². The predicted octanol–water partition coefficient (Wildman–Crippen LogP) is 5.46. The van der Waals surface area contributed by atoms with E-state index in [2.05, 4.69) is 50.2 Å². The molecule has 0 unspecified atom stereocenters. The maximum Gasteiger partial charge on any atom is 0.261 e. The molecule has 0 aromatic heterocycles. The molecular formula is C30H36F2N2O3Si. The zero-order valence-corrected chi connectivity index (χ0v) is 23.6. The molecule has 3 aromatic rings. The summed E-state index contributed by atoms with van der Waals surface area (Å²) in [6, 6.07) is 21.9. The van der Waals surface area contributed by atoms with Crippen molar-refractivity contribution in [2.24, 2.45) is 5.16 Å². The highest BCUT2D eigenvalue weighted by molar-refractivity contribution is 6.99. The van der Waals surface area contributed by atoms with Crippen LogP contribution in [0.1, 0.15) is 45.7 Å². The molecule has 38 heavy (non-hydrogen) atoms. The molecule has 1 aliphatic heterocycles. The van der Waals surface area contributed by atoms with Crippen LogP contribution < -0.4 is 15.3 Å². The van der Waals surface area contributed by atoms with Crippen LogP contribution in [0.4, 0.5) is 14.5 Å². The molecule has 0 spiro atoms. The van der Waals surface area contributed by atoms with Gasteiger partial charge in [-0.05, 0) is 35.3 Å². The molecule has 2 atom stereocenters. The standard InChI is InChI=1S/C30H36F2N2O3Si/c1-21-18-34(19-22(2)37-21)29-24(16-23(17-33-35)27(31)28(29)32)20-36-38(30(3,4)5,25-12-8-6-9-13-25)26-14-10-7-11-15-26/h6-17,21-22,35H,18-20H2,1-5H3/b33-17+/t21-,22+. The van der Waals surface area contributed by atoms with Gasteiger partial charge in [0.1, 0.15) is 0 Å². The SMILES string of the molecule is C[C@@H]1CN(c2c(CO[Si](c3ccccc3)(c3ccccc3)C(C)(C)C)cc(/C=N/O)c(F)c2F)C[C@H](C)O1. The van der Waals surface area contributed by atoms with Crippen LogP contribution in [0.2, 0.25) is 5.04 Å². The third kappa shape index (κ3) is 5.39. The summed E-state index contributed by atoms with van der Waals surface area (Å²) in [6.45, 7) is 11.2. The van der Waals surface area contributed by atoms with Crippen LogP contribution in [-0.4, -0.2) is 45.0 Å². The van der Waals surface area contributed by atoms with Crippen molar-refractivity contribution in [3.05, 3.63) is 89.5 Å². The van der Waals surface area contributed by atoms with Gasteiger partial charge in [-0.25, -0.2) is 8.78 Å². The molecule has 1 heterocycles. The number of ether oxygens (including phenoxy) is 1. The minimum absolute atomic E-state index is 0.0478. The molecule has 202 valence electrons. The number of benzene rings is 3. The number of rotatable bonds is 7. The van der Waals surface area contributed by atoms with Gasteiger partial charge in [0, 0.05) is 24.2 Å². The minimum atomic E-state index is -2.94. The van der Waals surface area contributed by atoms with Gasteiger partial charge < -0.3 is 19.3 Å². The summed E-state index contributed by atoms with van der Waals surface area (Å²) in [7, 11) is -2.94. The maximum atomic E-state index is 15.7. The molecule has 0 radical (unpaired) electrons. The number of morpholine rings is 1. The van der Waals surface area contributed by atoms with Gasteiger partial charge in [0.05, 0.1) is 30.7 Å². The lowest BCUT2D eigenvalue weighted by Gasteiger charge is -2.43. The predicted molar refractivity (Wildman–Crippen MR) is 150 cm³/mol. The summed E-state index contributed by atoms with van der Waals surface area (Å²) in [5, 5.41) is 14.0. The lowest BCUT2D eigenvalue weighted by Crippen LogP contribution is -2.66. The second-order valence-electron chi connectivity index (χ2n) is 11.0. The Hall–Kier alpha value is -3.07.